The van der Waals surface area contributed by atoms with Crippen LogP contribution < -0.4 is 10.6 Å². The number of nitrogens with one attached hydrogen (secondary N) is 2. The summed E-state index contributed by atoms with van der Waals surface area (Å²) in [5.41, 5.74) is 4.38. The molecule has 3 amide bonds. The molecule has 0 radical (unpaired) electrons. The highest BCUT2D eigenvalue weighted by atomic mass is 16.3. The maximum absolute atomic E-state index is 12.5. The zero-order valence-corrected chi connectivity index (χ0v) is 17.1. The number of nitrogens with zero attached hydrogens (tertiary/aromatic N) is 1. The second kappa shape index (κ2) is 8.94. The first-order valence-corrected chi connectivity index (χ1v) is 9.82. The van der Waals surface area contributed by atoms with Crippen molar-refractivity contribution < 1.29 is 18.8 Å². The SMILES string of the molecule is Cc1cc(C)c(NC(=O)CNC(=O)C2CCCN(C(=O)c3ccoc3)C2)c(C)c1. The smallest absolute Gasteiger partial charge is 0.257 e. The van der Waals surface area contributed by atoms with Crippen molar-refractivity contribution in [3.8, 4) is 0 Å². The number of benzene rings is 1. The molecule has 29 heavy (non-hydrogen) atoms. The lowest BCUT2D eigenvalue weighted by Crippen LogP contribution is -2.46. The van der Waals surface area contributed by atoms with Gasteiger partial charge in [-0.2, -0.15) is 0 Å². The molecule has 154 valence electrons. The summed E-state index contributed by atoms with van der Waals surface area (Å²) >= 11 is 0. The number of hydrogen-bond acceptors (Lipinski definition) is 4. The summed E-state index contributed by atoms with van der Waals surface area (Å²) < 4.78 is 4.97. The molecule has 0 saturated carbocycles. The first-order valence-electron chi connectivity index (χ1n) is 9.82. The van der Waals surface area contributed by atoms with Crippen LogP contribution >= 0.6 is 0 Å². The minimum absolute atomic E-state index is 0.0994. The minimum atomic E-state index is -0.324. The van der Waals surface area contributed by atoms with Gasteiger partial charge in [-0.25, -0.2) is 0 Å². The third-order valence-corrected chi connectivity index (χ3v) is 5.21. The van der Waals surface area contributed by atoms with Gasteiger partial charge in [-0.1, -0.05) is 17.7 Å². The van der Waals surface area contributed by atoms with Crippen molar-refractivity contribution in [2.45, 2.75) is 33.6 Å². The topological polar surface area (TPSA) is 91.7 Å². The predicted molar refractivity (Wildman–Crippen MR) is 110 cm³/mol. The molecule has 1 aliphatic heterocycles. The van der Waals surface area contributed by atoms with Crippen molar-refractivity contribution in [3.63, 3.8) is 0 Å². The highest BCUT2D eigenvalue weighted by Gasteiger charge is 2.29. The average Bonchev–Trinajstić information content (AvgIpc) is 3.23. The van der Waals surface area contributed by atoms with E-state index in [4.69, 9.17) is 4.42 Å². The van der Waals surface area contributed by atoms with Gasteiger partial charge in [0.1, 0.15) is 6.26 Å². The van der Waals surface area contributed by atoms with Crippen molar-refractivity contribution in [3.05, 3.63) is 53.0 Å². The predicted octanol–water partition coefficient (Wildman–Crippen LogP) is 2.81. The lowest BCUT2D eigenvalue weighted by Gasteiger charge is -2.31. The standard InChI is InChI=1S/C22H27N3O4/c1-14-9-15(2)20(16(3)10-14)24-19(26)11-23-21(27)17-5-4-7-25(12-17)22(28)18-6-8-29-13-18/h6,8-10,13,17H,4-5,7,11-12H2,1-3H3,(H,23,27)(H,24,26). The van der Waals surface area contributed by atoms with Crippen molar-refractivity contribution in [2.75, 3.05) is 25.0 Å². The molecule has 2 heterocycles. The molecule has 3 rings (SSSR count). The van der Waals surface area contributed by atoms with E-state index in [9.17, 15) is 14.4 Å². The Labute approximate surface area is 170 Å². The number of carbonyl (C=O) groups is 3. The maximum atomic E-state index is 12.5. The van der Waals surface area contributed by atoms with E-state index in [1.807, 2.05) is 32.9 Å². The summed E-state index contributed by atoms with van der Waals surface area (Å²) in [6.07, 6.45) is 4.30. The summed E-state index contributed by atoms with van der Waals surface area (Å²) in [6.45, 7) is 6.76. The number of amides is 3. The van der Waals surface area contributed by atoms with Crippen molar-refractivity contribution in [2.24, 2.45) is 5.92 Å². The number of aryl methyl sites for hydroxylation is 3. The van der Waals surface area contributed by atoms with E-state index < -0.39 is 0 Å². The van der Waals surface area contributed by atoms with Gasteiger partial charge in [0.25, 0.3) is 5.91 Å². The Morgan fingerprint density at radius 2 is 1.90 bits per heavy atom. The van der Waals surface area contributed by atoms with Gasteiger partial charge >= 0.3 is 0 Å². The zero-order chi connectivity index (χ0) is 21.0. The first kappa shape index (κ1) is 20.6. The molecule has 0 spiro atoms. The number of likely N-dealkylation sites (tertiary alicyclic amines) is 1. The van der Waals surface area contributed by atoms with E-state index in [0.29, 0.717) is 25.1 Å². The monoisotopic (exact) mass is 397 g/mol. The third kappa shape index (κ3) is 5.04. The van der Waals surface area contributed by atoms with Crippen LogP contribution in [0.5, 0.6) is 0 Å². The second-order valence-corrected chi connectivity index (χ2v) is 7.64. The van der Waals surface area contributed by atoms with Crippen LogP contribution in [0.4, 0.5) is 5.69 Å². The average molecular weight is 397 g/mol. The Morgan fingerprint density at radius 3 is 2.55 bits per heavy atom. The van der Waals surface area contributed by atoms with Crippen LogP contribution in [-0.4, -0.2) is 42.3 Å². The van der Waals surface area contributed by atoms with Crippen LogP contribution in [0.3, 0.4) is 0 Å². The fourth-order valence-electron chi connectivity index (χ4n) is 3.82. The molecule has 0 bridgehead atoms. The highest BCUT2D eigenvalue weighted by molar-refractivity contribution is 5.96. The molecular formula is C22H27N3O4. The van der Waals surface area contributed by atoms with Crippen molar-refractivity contribution in [1.29, 1.82) is 0 Å². The van der Waals surface area contributed by atoms with Crippen molar-refractivity contribution in [1.82, 2.24) is 10.2 Å². The van der Waals surface area contributed by atoms with Gasteiger partial charge in [0.2, 0.25) is 11.8 Å². The number of piperidine rings is 1. The lowest BCUT2D eigenvalue weighted by molar-refractivity contribution is -0.128. The van der Waals surface area contributed by atoms with E-state index in [2.05, 4.69) is 10.6 Å². The molecule has 7 heteroatoms. The molecule has 1 atom stereocenters. The zero-order valence-electron chi connectivity index (χ0n) is 17.1. The van der Waals surface area contributed by atoms with Gasteiger partial charge in [0.15, 0.2) is 0 Å². The maximum Gasteiger partial charge on any atom is 0.257 e. The van der Waals surface area contributed by atoms with Gasteiger partial charge in [0, 0.05) is 18.8 Å². The number of furan rings is 1. The van der Waals surface area contributed by atoms with E-state index in [1.165, 1.54) is 12.5 Å². The van der Waals surface area contributed by atoms with E-state index in [1.54, 1.807) is 11.0 Å². The molecule has 7 nitrogen and oxygen atoms in total. The molecule has 1 aliphatic rings. The van der Waals surface area contributed by atoms with Crippen LogP contribution in [0.15, 0.2) is 35.1 Å². The summed E-state index contributed by atoms with van der Waals surface area (Å²) in [5.74, 6) is -0.938. The largest absolute Gasteiger partial charge is 0.472 e. The Kier molecular flexibility index (Phi) is 6.36. The highest BCUT2D eigenvalue weighted by Crippen LogP contribution is 2.22. The summed E-state index contributed by atoms with van der Waals surface area (Å²) in [6, 6.07) is 5.63. The second-order valence-electron chi connectivity index (χ2n) is 7.64. The number of hydrogen-bond donors (Lipinski definition) is 2. The normalized spacial score (nSPS) is 16.4. The number of carbonyl (C=O) groups excluding carboxylic acids is 3. The fraction of sp³-hybridized carbons (Fsp3) is 0.409. The van der Waals surface area contributed by atoms with Crippen LogP contribution in [0.1, 0.15) is 39.9 Å². The first-order chi connectivity index (χ1) is 13.8. The van der Waals surface area contributed by atoms with E-state index in [0.717, 1.165) is 28.8 Å². The van der Waals surface area contributed by atoms with Crippen LogP contribution in [0.25, 0.3) is 0 Å². The quantitative estimate of drug-likeness (QED) is 0.812. The molecule has 1 fully saturated rings. The summed E-state index contributed by atoms with van der Waals surface area (Å²) in [5, 5.41) is 5.59. The van der Waals surface area contributed by atoms with Gasteiger partial charge in [-0.15, -0.1) is 0 Å². The van der Waals surface area contributed by atoms with Gasteiger partial charge in [-0.05, 0) is 50.8 Å². The van der Waals surface area contributed by atoms with Gasteiger partial charge < -0.3 is 20.0 Å². The van der Waals surface area contributed by atoms with E-state index >= 15 is 0 Å². The summed E-state index contributed by atoms with van der Waals surface area (Å²) in [7, 11) is 0. The molecule has 2 aromatic rings. The van der Waals surface area contributed by atoms with Gasteiger partial charge in [-0.3, -0.25) is 14.4 Å². The Bertz CT molecular complexity index is 882. The number of rotatable bonds is 5. The molecule has 0 aliphatic carbocycles. The van der Waals surface area contributed by atoms with Crippen LogP contribution in [0.2, 0.25) is 0 Å². The molecule has 2 N–H and O–H groups in total. The third-order valence-electron chi connectivity index (χ3n) is 5.21. The van der Waals surface area contributed by atoms with E-state index in [-0.39, 0.29) is 30.2 Å². The molecule has 1 aromatic carbocycles. The van der Waals surface area contributed by atoms with Crippen LogP contribution in [0, 0.1) is 26.7 Å². The van der Waals surface area contributed by atoms with Crippen LogP contribution in [-0.2, 0) is 9.59 Å². The van der Waals surface area contributed by atoms with Gasteiger partial charge in [0.05, 0.1) is 24.3 Å². The lowest BCUT2D eigenvalue weighted by atomic mass is 9.96. The minimum Gasteiger partial charge on any atom is -0.472 e. The summed E-state index contributed by atoms with van der Waals surface area (Å²) in [4.78, 5) is 39.0. The fourth-order valence-corrected chi connectivity index (χ4v) is 3.82. The Hall–Kier alpha value is -3.09. The molecule has 1 unspecified atom stereocenters. The van der Waals surface area contributed by atoms with Crippen molar-refractivity contribution >= 4 is 23.4 Å². The Balaban J connectivity index is 1.52. The molecular weight excluding hydrogens is 370 g/mol. The molecule has 1 saturated heterocycles. The Morgan fingerprint density at radius 1 is 1.17 bits per heavy atom. The number of anilines is 1. The molecule has 1 aromatic heterocycles.